The molecule has 4 heteroatoms. The highest BCUT2D eigenvalue weighted by atomic mass is 15.3. The van der Waals surface area contributed by atoms with E-state index < -0.39 is 0 Å². The first kappa shape index (κ1) is 11.6. The van der Waals surface area contributed by atoms with Crippen LogP contribution in [0, 0.1) is 6.92 Å². The Balaban J connectivity index is 2.01. The molecule has 0 saturated carbocycles. The average molecular weight is 230 g/mol. The summed E-state index contributed by atoms with van der Waals surface area (Å²) in [6.07, 6.45) is 4.83. The molecular weight excluding hydrogens is 212 g/mol. The minimum atomic E-state index is 0.778. The van der Waals surface area contributed by atoms with Crippen LogP contribution in [0.5, 0.6) is 0 Å². The molecule has 1 N–H and O–H groups in total. The molecule has 90 valence electrons. The van der Waals surface area contributed by atoms with Gasteiger partial charge in [-0.3, -0.25) is 4.68 Å². The molecule has 0 unspecified atom stereocenters. The van der Waals surface area contributed by atoms with E-state index in [1.165, 1.54) is 5.56 Å². The fraction of sp³-hybridized carbons (Fsp3) is 0.385. The van der Waals surface area contributed by atoms with Crippen LogP contribution in [0.1, 0.15) is 24.6 Å². The van der Waals surface area contributed by atoms with Gasteiger partial charge in [-0.25, -0.2) is 4.98 Å². The number of aromatic nitrogens is 3. The van der Waals surface area contributed by atoms with E-state index in [4.69, 9.17) is 0 Å². The number of rotatable bonds is 5. The lowest BCUT2D eigenvalue weighted by Crippen LogP contribution is -2.05. The van der Waals surface area contributed by atoms with Crippen molar-refractivity contribution >= 4 is 5.82 Å². The van der Waals surface area contributed by atoms with E-state index in [2.05, 4.69) is 35.3 Å². The first-order valence-electron chi connectivity index (χ1n) is 5.97. The predicted octanol–water partition coefficient (Wildman–Crippen LogP) is 2.46. The zero-order valence-corrected chi connectivity index (χ0v) is 10.3. The molecule has 4 nitrogen and oxygen atoms in total. The summed E-state index contributed by atoms with van der Waals surface area (Å²) in [5, 5.41) is 7.51. The molecule has 0 saturated heterocycles. The number of nitrogens with zero attached hydrogens (tertiary/aromatic N) is 3. The average Bonchev–Trinajstić information content (AvgIpc) is 2.74. The van der Waals surface area contributed by atoms with Crippen LogP contribution < -0.4 is 5.32 Å². The van der Waals surface area contributed by atoms with Gasteiger partial charge in [0.15, 0.2) is 0 Å². The normalized spacial score (nSPS) is 10.5. The number of nitrogens with one attached hydrogen (secondary N) is 1. The molecule has 0 amide bonds. The molecule has 2 aromatic rings. The van der Waals surface area contributed by atoms with Crippen LogP contribution in [-0.2, 0) is 6.54 Å². The van der Waals surface area contributed by atoms with E-state index in [9.17, 15) is 0 Å². The maximum Gasteiger partial charge on any atom is 0.125 e. The molecule has 0 aromatic carbocycles. The Hall–Kier alpha value is -1.84. The number of pyridine rings is 1. The summed E-state index contributed by atoms with van der Waals surface area (Å²) in [4.78, 5) is 4.37. The van der Waals surface area contributed by atoms with Gasteiger partial charge < -0.3 is 5.32 Å². The van der Waals surface area contributed by atoms with Crippen molar-refractivity contribution in [1.29, 1.82) is 0 Å². The lowest BCUT2D eigenvalue weighted by Gasteiger charge is -2.06. The van der Waals surface area contributed by atoms with Crippen molar-refractivity contribution in [1.82, 2.24) is 14.8 Å². The fourth-order valence-electron chi connectivity index (χ4n) is 1.61. The number of anilines is 1. The Morgan fingerprint density at radius 3 is 2.76 bits per heavy atom. The second-order valence-electron chi connectivity index (χ2n) is 4.11. The van der Waals surface area contributed by atoms with Crippen LogP contribution in [0.4, 0.5) is 5.82 Å². The summed E-state index contributed by atoms with van der Waals surface area (Å²) in [5.41, 5.74) is 2.33. The summed E-state index contributed by atoms with van der Waals surface area (Å²) in [6, 6.07) is 6.11. The van der Waals surface area contributed by atoms with Gasteiger partial charge in [-0.2, -0.15) is 5.10 Å². The molecule has 0 fully saturated rings. The van der Waals surface area contributed by atoms with Gasteiger partial charge in [0.1, 0.15) is 5.82 Å². The highest BCUT2D eigenvalue weighted by Gasteiger charge is 2.00. The maximum absolute atomic E-state index is 4.37. The Bertz CT molecular complexity index is 459. The summed E-state index contributed by atoms with van der Waals surface area (Å²) in [6.45, 7) is 5.93. The maximum atomic E-state index is 4.37. The van der Waals surface area contributed by atoms with Crippen LogP contribution in [0.25, 0.3) is 0 Å². The lowest BCUT2D eigenvalue weighted by molar-refractivity contribution is 0.663. The summed E-state index contributed by atoms with van der Waals surface area (Å²) in [7, 11) is 0. The van der Waals surface area contributed by atoms with Crippen molar-refractivity contribution in [3.63, 3.8) is 0 Å². The third-order valence-corrected chi connectivity index (χ3v) is 2.64. The standard InChI is InChI=1S/C13H18N4/c1-3-7-14-13-5-4-12(9-15-13)10-17-11(2)6-8-16-17/h4-6,8-9H,3,7,10H2,1-2H3,(H,14,15). The van der Waals surface area contributed by atoms with Crippen LogP contribution in [0.3, 0.4) is 0 Å². The molecule has 0 aliphatic heterocycles. The van der Waals surface area contributed by atoms with Crippen molar-refractivity contribution in [2.24, 2.45) is 0 Å². The van der Waals surface area contributed by atoms with Gasteiger partial charge >= 0.3 is 0 Å². The molecule has 0 aliphatic carbocycles. The predicted molar refractivity (Wildman–Crippen MR) is 69.1 cm³/mol. The van der Waals surface area contributed by atoms with Crippen molar-refractivity contribution in [3.8, 4) is 0 Å². The molecule has 2 rings (SSSR count). The smallest absolute Gasteiger partial charge is 0.125 e. The first-order chi connectivity index (χ1) is 8.29. The van der Waals surface area contributed by atoms with Gasteiger partial charge in [0.25, 0.3) is 0 Å². The van der Waals surface area contributed by atoms with Gasteiger partial charge in [0, 0.05) is 24.6 Å². The van der Waals surface area contributed by atoms with E-state index in [0.29, 0.717) is 0 Å². The van der Waals surface area contributed by atoms with Gasteiger partial charge in [-0.1, -0.05) is 13.0 Å². The number of aryl methyl sites for hydroxylation is 1. The topological polar surface area (TPSA) is 42.7 Å². The van der Waals surface area contributed by atoms with Crippen LogP contribution >= 0.6 is 0 Å². The Morgan fingerprint density at radius 1 is 1.29 bits per heavy atom. The highest BCUT2D eigenvalue weighted by Crippen LogP contribution is 2.07. The Morgan fingerprint density at radius 2 is 2.18 bits per heavy atom. The Labute approximate surface area is 102 Å². The molecule has 0 spiro atoms. The molecule has 2 heterocycles. The molecule has 0 aliphatic rings. The second kappa shape index (κ2) is 5.48. The quantitative estimate of drug-likeness (QED) is 0.858. The molecule has 17 heavy (non-hydrogen) atoms. The van der Waals surface area contributed by atoms with E-state index in [0.717, 1.165) is 31.0 Å². The lowest BCUT2D eigenvalue weighted by atomic mass is 10.3. The van der Waals surface area contributed by atoms with Gasteiger partial charge in [0.2, 0.25) is 0 Å². The van der Waals surface area contributed by atoms with Crippen LogP contribution in [-0.4, -0.2) is 21.3 Å². The second-order valence-corrected chi connectivity index (χ2v) is 4.11. The Kier molecular flexibility index (Phi) is 3.75. The number of hydrogen-bond donors (Lipinski definition) is 1. The van der Waals surface area contributed by atoms with Crippen LogP contribution in [0.15, 0.2) is 30.6 Å². The third kappa shape index (κ3) is 3.06. The first-order valence-corrected chi connectivity index (χ1v) is 5.97. The minimum Gasteiger partial charge on any atom is -0.370 e. The minimum absolute atomic E-state index is 0.778. The largest absolute Gasteiger partial charge is 0.370 e. The summed E-state index contributed by atoms with van der Waals surface area (Å²) in [5.74, 6) is 0.938. The molecular formula is C13H18N4. The monoisotopic (exact) mass is 230 g/mol. The third-order valence-electron chi connectivity index (χ3n) is 2.64. The molecule has 2 aromatic heterocycles. The molecule has 0 bridgehead atoms. The van der Waals surface area contributed by atoms with Gasteiger partial charge in [0.05, 0.1) is 6.54 Å². The van der Waals surface area contributed by atoms with Crippen molar-refractivity contribution in [2.75, 3.05) is 11.9 Å². The van der Waals surface area contributed by atoms with Crippen LogP contribution in [0.2, 0.25) is 0 Å². The zero-order valence-electron chi connectivity index (χ0n) is 10.3. The summed E-state index contributed by atoms with van der Waals surface area (Å²) < 4.78 is 1.97. The highest BCUT2D eigenvalue weighted by molar-refractivity contribution is 5.35. The van der Waals surface area contributed by atoms with Gasteiger partial charge in [-0.15, -0.1) is 0 Å². The zero-order chi connectivity index (χ0) is 12.1. The van der Waals surface area contributed by atoms with E-state index in [1.807, 2.05) is 29.2 Å². The van der Waals surface area contributed by atoms with Crippen molar-refractivity contribution in [3.05, 3.63) is 41.9 Å². The molecule has 0 radical (unpaired) electrons. The summed E-state index contributed by atoms with van der Waals surface area (Å²) >= 11 is 0. The number of hydrogen-bond acceptors (Lipinski definition) is 3. The fourth-order valence-corrected chi connectivity index (χ4v) is 1.61. The van der Waals surface area contributed by atoms with E-state index in [1.54, 1.807) is 0 Å². The SMILES string of the molecule is CCCNc1ccc(Cn2nccc2C)cn1. The van der Waals surface area contributed by atoms with Crippen molar-refractivity contribution < 1.29 is 0 Å². The van der Waals surface area contributed by atoms with E-state index in [-0.39, 0.29) is 0 Å². The van der Waals surface area contributed by atoms with Gasteiger partial charge in [-0.05, 0) is 31.0 Å². The van der Waals surface area contributed by atoms with Crippen molar-refractivity contribution in [2.45, 2.75) is 26.8 Å². The molecule has 0 atom stereocenters. The van der Waals surface area contributed by atoms with E-state index >= 15 is 0 Å².